The summed E-state index contributed by atoms with van der Waals surface area (Å²) in [5.41, 5.74) is 1.13. The molecule has 2 aromatic rings. The first kappa shape index (κ1) is 17.6. The summed E-state index contributed by atoms with van der Waals surface area (Å²) in [4.78, 5) is 4.39. The molecule has 9 heteroatoms. The summed E-state index contributed by atoms with van der Waals surface area (Å²) < 4.78 is 33.2. The van der Waals surface area contributed by atoms with Crippen LogP contribution in [0.5, 0.6) is 0 Å². The minimum absolute atomic E-state index is 0. The Morgan fingerprint density at radius 1 is 1.33 bits per heavy atom. The number of aromatic nitrogens is 2. The Morgan fingerprint density at radius 3 is 2.75 bits per heavy atom. The molecule has 0 radical (unpaired) electrons. The molecule has 1 aliphatic heterocycles. The van der Waals surface area contributed by atoms with Crippen molar-refractivity contribution in [2.75, 3.05) is 13.1 Å². The molecule has 0 spiro atoms. The van der Waals surface area contributed by atoms with Crippen LogP contribution in [0.4, 0.5) is 0 Å². The maximum Gasteiger partial charge on any atom is 0.258 e. The molecule has 0 aromatic carbocycles. The van der Waals surface area contributed by atoms with Gasteiger partial charge in [0.2, 0.25) is 10.0 Å². The Kier molecular flexibility index (Phi) is 4.83. The van der Waals surface area contributed by atoms with E-state index in [2.05, 4.69) is 15.5 Å². The molecule has 0 bridgehead atoms. The van der Waals surface area contributed by atoms with Crippen LogP contribution in [0.1, 0.15) is 31.9 Å². The number of fused-ring (bicyclic) bond motifs is 1. The molecule has 2 fully saturated rings. The zero-order valence-electron chi connectivity index (χ0n) is 13.4. The molecule has 1 N–H and O–H groups in total. The maximum absolute atomic E-state index is 13.2. The van der Waals surface area contributed by atoms with Crippen LogP contribution in [0, 0.1) is 0 Å². The number of nitrogens with zero attached hydrogens (tertiary/aromatic N) is 3. The minimum atomic E-state index is -3.55. The van der Waals surface area contributed by atoms with Crippen LogP contribution in [0.15, 0.2) is 21.7 Å². The highest BCUT2D eigenvalue weighted by Gasteiger charge is 2.43. The van der Waals surface area contributed by atoms with E-state index in [0.717, 1.165) is 38.0 Å². The van der Waals surface area contributed by atoms with Gasteiger partial charge in [-0.05, 0) is 38.3 Å². The minimum Gasteiger partial charge on any atom is -0.336 e. The molecule has 1 saturated heterocycles. The van der Waals surface area contributed by atoms with E-state index in [0.29, 0.717) is 17.5 Å². The van der Waals surface area contributed by atoms with Crippen LogP contribution in [0.25, 0.3) is 11.1 Å². The number of pyridine rings is 1. The van der Waals surface area contributed by atoms with Gasteiger partial charge >= 0.3 is 0 Å². The van der Waals surface area contributed by atoms with Gasteiger partial charge in [-0.2, -0.15) is 4.31 Å². The predicted molar refractivity (Wildman–Crippen MR) is 91.8 cm³/mol. The zero-order chi connectivity index (χ0) is 16.0. The van der Waals surface area contributed by atoms with Crippen molar-refractivity contribution in [1.82, 2.24) is 19.8 Å². The first-order chi connectivity index (χ1) is 11.1. The molecule has 1 aliphatic carbocycles. The fourth-order valence-electron chi connectivity index (χ4n) is 3.25. The number of hydrogen-bond acceptors (Lipinski definition) is 6. The summed E-state index contributed by atoms with van der Waals surface area (Å²) in [6.07, 6.45) is 4.81. The van der Waals surface area contributed by atoms with Crippen molar-refractivity contribution >= 4 is 33.5 Å². The molecule has 1 unspecified atom stereocenters. The van der Waals surface area contributed by atoms with Gasteiger partial charge in [-0.15, -0.1) is 12.4 Å². The predicted octanol–water partition coefficient (Wildman–Crippen LogP) is 1.72. The molecule has 1 saturated carbocycles. The smallest absolute Gasteiger partial charge is 0.258 e. The lowest BCUT2D eigenvalue weighted by Gasteiger charge is -2.27. The van der Waals surface area contributed by atoms with Crippen molar-refractivity contribution in [3.63, 3.8) is 0 Å². The van der Waals surface area contributed by atoms with Gasteiger partial charge in [0.15, 0.2) is 0 Å². The van der Waals surface area contributed by atoms with Gasteiger partial charge < -0.3 is 9.84 Å². The van der Waals surface area contributed by atoms with Gasteiger partial charge in [0, 0.05) is 18.6 Å². The van der Waals surface area contributed by atoms with E-state index in [1.807, 2.05) is 6.92 Å². The molecule has 0 amide bonds. The summed E-state index contributed by atoms with van der Waals surface area (Å²) in [6, 6.07) is 1.83. The maximum atomic E-state index is 13.2. The third-order valence-electron chi connectivity index (χ3n) is 4.59. The van der Waals surface area contributed by atoms with Gasteiger partial charge in [-0.25, -0.2) is 13.4 Å². The van der Waals surface area contributed by atoms with Gasteiger partial charge in [0.25, 0.3) is 5.71 Å². The molecule has 2 aromatic heterocycles. The summed E-state index contributed by atoms with van der Waals surface area (Å²) >= 11 is 0. The molecule has 1 atom stereocenters. The lowest BCUT2D eigenvalue weighted by molar-refractivity contribution is 0.327. The summed E-state index contributed by atoms with van der Waals surface area (Å²) in [5.74, 6) is 0. The van der Waals surface area contributed by atoms with E-state index in [4.69, 9.17) is 4.52 Å². The van der Waals surface area contributed by atoms with Crippen LogP contribution in [-0.2, 0) is 16.4 Å². The SMILES string of the molecule is CCc1noc2ncc(S(=O)(=O)N(C3CC3)C3CCNC3)cc12.Cl. The Bertz CT molecular complexity index is 828. The van der Waals surface area contributed by atoms with Crippen LogP contribution < -0.4 is 5.32 Å². The second kappa shape index (κ2) is 6.59. The van der Waals surface area contributed by atoms with Gasteiger partial charge in [0.1, 0.15) is 4.90 Å². The van der Waals surface area contributed by atoms with Crippen molar-refractivity contribution < 1.29 is 12.9 Å². The Hall–Kier alpha value is -1.22. The number of rotatable bonds is 5. The van der Waals surface area contributed by atoms with E-state index in [1.54, 1.807) is 10.4 Å². The van der Waals surface area contributed by atoms with Crippen molar-refractivity contribution in [3.05, 3.63) is 18.0 Å². The second-order valence-electron chi connectivity index (χ2n) is 6.22. The molecular formula is C15H21ClN4O3S. The first-order valence-corrected chi connectivity index (χ1v) is 9.54. The number of nitrogens with one attached hydrogen (secondary N) is 1. The highest BCUT2D eigenvalue weighted by Crippen LogP contribution is 2.35. The van der Waals surface area contributed by atoms with E-state index in [-0.39, 0.29) is 29.4 Å². The number of sulfonamides is 1. The molecule has 4 rings (SSSR count). The number of aryl methyl sites for hydroxylation is 1. The lowest BCUT2D eigenvalue weighted by Crippen LogP contribution is -2.43. The third kappa shape index (κ3) is 2.92. The fraction of sp³-hybridized carbons (Fsp3) is 0.600. The molecule has 2 aliphatic rings. The van der Waals surface area contributed by atoms with Crippen molar-refractivity contribution in [2.45, 2.75) is 49.6 Å². The van der Waals surface area contributed by atoms with Gasteiger partial charge in [0.05, 0.1) is 17.3 Å². The lowest BCUT2D eigenvalue weighted by atomic mass is 10.2. The molecule has 7 nitrogen and oxygen atoms in total. The first-order valence-electron chi connectivity index (χ1n) is 8.10. The quantitative estimate of drug-likeness (QED) is 0.859. The van der Waals surface area contributed by atoms with E-state index in [1.165, 1.54) is 6.20 Å². The van der Waals surface area contributed by atoms with E-state index in [9.17, 15) is 8.42 Å². The van der Waals surface area contributed by atoms with Crippen LogP contribution >= 0.6 is 12.4 Å². The average Bonchev–Trinajstić information content (AvgIpc) is 3.07. The summed E-state index contributed by atoms with van der Waals surface area (Å²) in [6.45, 7) is 3.55. The highest BCUT2D eigenvalue weighted by atomic mass is 35.5. The Morgan fingerprint density at radius 2 is 2.12 bits per heavy atom. The van der Waals surface area contributed by atoms with Crippen LogP contribution in [0.3, 0.4) is 0 Å². The van der Waals surface area contributed by atoms with E-state index < -0.39 is 10.0 Å². The topological polar surface area (TPSA) is 88.3 Å². The Balaban J connectivity index is 0.00000169. The Labute approximate surface area is 147 Å². The van der Waals surface area contributed by atoms with Crippen molar-refractivity contribution in [3.8, 4) is 0 Å². The fourth-order valence-corrected chi connectivity index (χ4v) is 5.13. The van der Waals surface area contributed by atoms with Gasteiger partial charge in [-0.3, -0.25) is 0 Å². The highest BCUT2D eigenvalue weighted by molar-refractivity contribution is 7.89. The van der Waals surface area contributed by atoms with Crippen LogP contribution in [0.2, 0.25) is 0 Å². The zero-order valence-corrected chi connectivity index (χ0v) is 15.1. The van der Waals surface area contributed by atoms with Crippen LogP contribution in [-0.4, -0.2) is 48.0 Å². The number of halogens is 1. The van der Waals surface area contributed by atoms with Crippen molar-refractivity contribution in [1.29, 1.82) is 0 Å². The molecule has 3 heterocycles. The normalized spacial score (nSPS) is 21.3. The third-order valence-corrected chi connectivity index (χ3v) is 6.56. The molecule has 132 valence electrons. The largest absolute Gasteiger partial charge is 0.336 e. The standard InChI is InChI=1S/C15H20N4O3S.ClH/c1-2-14-13-7-12(9-17-15(13)22-18-14)23(20,21)19(10-3-4-10)11-5-6-16-8-11;/h7,9-11,16H,2-6,8H2,1H3;1H. The average molecular weight is 373 g/mol. The molecule has 24 heavy (non-hydrogen) atoms. The summed E-state index contributed by atoms with van der Waals surface area (Å²) in [7, 11) is -3.55. The second-order valence-corrected chi connectivity index (χ2v) is 8.06. The summed E-state index contributed by atoms with van der Waals surface area (Å²) in [5, 5.41) is 7.90. The monoisotopic (exact) mass is 372 g/mol. The molecular weight excluding hydrogens is 352 g/mol. The van der Waals surface area contributed by atoms with Crippen molar-refractivity contribution in [2.24, 2.45) is 0 Å². The van der Waals surface area contributed by atoms with E-state index >= 15 is 0 Å². The van der Waals surface area contributed by atoms with Gasteiger partial charge in [-0.1, -0.05) is 12.1 Å². The number of hydrogen-bond donors (Lipinski definition) is 1.